The van der Waals surface area contributed by atoms with E-state index in [0.717, 1.165) is 5.56 Å². The summed E-state index contributed by atoms with van der Waals surface area (Å²) in [6, 6.07) is 15.9. The van der Waals surface area contributed by atoms with Crippen molar-refractivity contribution in [2.75, 3.05) is 7.11 Å². The molecule has 0 saturated carbocycles. The summed E-state index contributed by atoms with van der Waals surface area (Å²) in [6.07, 6.45) is 0. The Balaban J connectivity index is 2.18. The minimum absolute atomic E-state index is 0.331. The number of rotatable bonds is 6. The number of hydrogen-bond acceptors (Lipinski definition) is 4. The molecule has 0 fully saturated rings. The highest BCUT2D eigenvalue weighted by Crippen LogP contribution is 2.22. The summed E-state index contributed by atoms with van der Waals surface area (Å²) in [5.74, 6) is 0.621. The molecule has 0 aliphatic rings. The van der Waals surface area contributed by atoms with Crippen LogP contribution in [-0.4, -0.2) is 20.1 Å². The molecule has 112 valence electrons. The van der Waals surface area contributed by atoms with Crippen molar-refractivity contribution in [3.05, 3.63) is 65.7 Å². The molecule has 21 heavy (non-hydrogen) atoms. The van der Waals surface area contributed by atoms with Gasteiger partial charge in [-0.15, -0.1) is 0 Å². The topological polar surface area (TPSA) is 75.6 Å². The van der Waals surface area contributed by atoms with Gasteiger partial charge in [0.2, 0.25) is 0 Å². The average molecular weight is 307 g/mol. The van der Waals surface area contributed by atoms with Crippen molar-refractivity contribution >= 4 is 10.1 Å². The molecule has 2 aromatic rings. The molecule has 0 aliphatic heterocycles. The molecule has 0 aliphatic carbocycles. The molecule has 6 heteroatoms. The van der Waals surface area contributed by atoms with Crippen molar-refractivity contribution in [1.82, 2.24) is 5.32 Å². The van der Waals surface area contributed by atoms with E-state index in [2.05, 4.69) is 5.32 Å². The van der Waals surface area contributed by atoms with Crippen LogP contribution in [0.1, 0.15) is 16.5 Å². The molecular weight excluding hydrogens is 290 g/mol. The zero-order valence-corrected chi connectivity index (χ0v) is 12.4. The van der Waals surface area contributed by atoms with E-state index in [9.17, 15) is 13.0 Å². The van der Waals surface area contributed by atoms with Crippen LogP contribution < -0.4 is 10.1 Å². The smallest absolute Gasteiger partial charge is 0.285 e. The van der Waals surface area contributed by atoms with Crippen LogP contribution in [0.5, 0.6) is 5.75 Å². The van der Waals surface area contributed by atoms with Gasteiger partial charge in [-0.25, -0.2) is 0 Å². The number of ether oxygens (including phenoxy) is 1. The van der Waals surface area contributed by atoms with Crippen LogP contribution in [0.4, 0.5) is 0 Å². The lowest BCUT2D eigenvalue weighted by Crippen LogP contribution is -2.28. The standard InChI is InChI=1S/C15H17NO4S/c1-20-14-9-7-13(8-10-14)15(21(17,18)19)16-11-12-5-3-2-4-6-12/h2-10,15-16H,11H2,1H3,(H,17,18,19)/t15-/m1/s1. The maximum Gasteiger partial charge on any atom is 0.285 e. The Bertz CT molecular complexity index is 669. The molecule has 0 heterocycles. The molecule has 0 spiro atoms. The van der Waals surface area contributed by atoms with Crippen molar-refractivity contribution in [2.45, 2.75) is 11.9 Å². The minimum Gasteiger partial charge on any atom is -0.497 e. The molecule has 0 unspecified atom stereocenters. The van der Waals surface area contributed by atoms with Crippen molar-refractivity contribution in [3.63, 3.8) is 0 Å². The quantitative estimate of drug-likeness (QED) is 0.801. The minimum atomic E-state index is -4.26. The summed E-state index contributed by atoms with van der Waals surface area (Å²) in [5, 5.41) is 1.67. The van der Waals surface area contributed by atoms with E-state index >= 15 is 0 Å². The highest BCUT2D eigenvalue weighted by Gasteiger charge is 2.24. The van der Waals surface area contributed by atoms with Gasteiger partial charge in [0.05, 0.1) is 7.11 Å². The van der Waals surface area contributed by atoms with Crippen LogP contribution in [0.25, 0.3) is 0 Å². The lowest BCUT2D eigenvalue weighted by atomic mass is 10.2. The van der Waals surface area contributed by atoms with E-state index < -0.39 is 15.5 Å². The third-order valence-electron chi connectivity index (χ3n) is 3.05. The largest absolute Gasteiger partial charge is 0.497 e. The molecule has 5 nitrogen and oxygen atoms in total. The zero-order valence-electron chi connectivity index (χ0n) is 11.6. The molecule has 0 bridgehead atoms. The second kappa shape index (κ2) is 6.71. The van der Waals surface area contributed by atoms with Crippen molar-refractivity contribution in [3.8, 4) is 5.75 Å². The number of nitrogens with one attached hydrogen (secondary N) is 1. The summed E-state index contributed by atoms with van der Waals surface area (Å²) in [6.45, 7) is 0.331. The van der Waals surface area contributed by atoms with Crippen molar-refractivity contribution < 1.29 is 17.7 Å². The van der Waals surface area contributed by atoms with E-state index in [1.54, 1.807) is 24.3 Å². The first-order valence-electron chi connectivity index (χ1n) is 6.38. The Morgan fingerprint density at radius 1 is 1.10 bits per heavy atom. The van der Waals surface area contributed by atoms with Crippen LogP contribution in [0, 0.1) is 0 Å². The fourth-order valence-corrected chi connectivity index (χ4v) is 2.78. The lowest BCUT2D eigenvalue weighted by Gasteiger charge is -2.16. The molecule has 2 aromatic carbocycles. The summed E-state index contributed by atoms with van der Waals surface area (Å²) in [4.78, 5) is 0. The van der Waals surface area contributed by atoms with Gasteiger partial charge in [0, 0.05) is 6.54 Å². The average Bonchev–Trinajstić information content (AvgIpc) is 2.48. The lowest BCUT2D eigenvalue weighted by molar-refractivity contribution is 0.414. The Morgan fingerprint density at radius 3 is 2.24 bits per heavy atom. The molecule has 0 radical (unpaired) electrons. The first kappa shape index (κ1) is 15.5. The van der Waals surface area contributed by atoms with E-state index in [1.807, 2.05) is 30.3 Å². The zero-order chi connectivity index (χ0) is 15.3. The second-order valence-corrected chi connectivity index (χ2v) is 6.04. The first-order valence-corrected chi connectivity index (χ1v) is 7.88. The number of hydrogen-bond donors (Lipinski definition) is 2. The molecule has 1 atom stereocenters. The summed E-state index contributed by atoms with van der Waals surface area (Å²) in [7, 11) is -2.73. The Hall–Kier alpha value is -1.89. The van der Waals surface area contributed by atoms with Gasteiger partial charge in [-0.2, -0.15) is 8.42 Å². The van der Waals surface area contributed by atoms with Gasteiger partial charge in [0.15, 0.2) is 5.37 Å². The Kier molecular flexibility index (Phi) is 4.95. The van der Waals surface area contributed by atoms with Gasteiger partial charge in [-0.3, -0.25) is 9.87 Å². The Labute approximate surface area is 124 Å². The predicted octanol–water partition coefficient (Wildman–Crippen LogP) is 2.37. The van der Waals surface area contributed by atoms with E-state index in [4.69, 9.17) is 4.74 Å². The number of benzene rings is 2. The number of methoxy groups -OCH3 is 1. The van der Waals surface area contributed by atoms with Crippen LogP contribution in [0.2, 0.25) is 0 Å². The molecule has 2 N–H and O–H groups in total. The van der Waals surface area contributed by atoms with Crippen LogP contribution >= 0.6 is 0 Å². The van der Waals surface area contributed by atoms with Crippen LogP contribution in [-0.2, 0) is 16.7 Å². The van der Waals surface area contributed by atoms with Crippen LogP contribution in [0.3, 0.4) is 0 Å². The Morgan fingerprint density at radius 2 is 1.71 bits per heavy atom. The fourth-order valence-electron chi connectivity index (χ4n) is 1.98. The van der Waals surface area contributed by atoms with E-state index in [-0.39, 0.29) is 0 Å². The van der Waals surface area contributed by atoms with Gasteiger partial charge in [0.25, 0.3) is 10.1 Å². The first-order chi connectivity index (χ1) is 10.0. The molecule has 0 aromatic heterocycles. The van der Waals surface area contributed by atoms with Gasteiger partial charge in [0.1, 0.15) is 5.75 Å². The third-order valence-corrected chi connectivity index (χ3v) is 4.09. The molecule has 2 rings (SSSR count). The SMILES string of the molecule is COc1ccc([C@H](NCc2ccccc2)S(=O)(=O)O)cc1. The van der Waals surface area contributed by atoms with Gasteiger partial charge in [-0.05, 0) is 23.3 Å². The third kappa shape index (κ3) is 4.29. The second-order valence-electron chi connectivity index (χ2n) is 4.53. The van der Waals surface area contributed by atoms with Gasteiger partial charge in [-0.1, -0.05) is 42.5 Å². The normalized spacial score (nSPS) is 12.9. The fraction of sp³-hybridized carbons (Fsp3) is 0.200. The maximum atomic E-state index is 11.6. The highest BCUT2D eigenvalue weighted by atomic mass is 32.2. The summed E-state index contributed by atoms with van der Waals surface area (Å²) < 4.78 is 37.6. The maximum absolute atomic E-state index is 11.6. The summed E-state index contributed by atoms with van der Waals surface area (Å²) in [5.41, 5.74) is 1.38. The molecule has 0 amide bonds. The predicted molar refractivity (Wildman–Crippen MR) is 80.6 cm³/mol. The van der Waals surface area contributed by atoms with Crippen molar-refractivity contribution in [2.24, 2.45) is 0 Å². The monoisotopic (exact) mass is 307 g/mol. The highest BCUT2D eigenvalue weighted by molar-refractivity contribution is 7.86. The van der Waals surface area contributed by atoms with E-state index in [1.165, 1.54) is 7.11 Å². The molecule has 0 saturated heterocycles. The van der Waals surface area contributed by atoms with Gasteiger partial charge < -0.3 is 4.74 Å². The van der Waals surface area contributed by atoms with Crippen LogP contribution in [0.15, 0.2) is 54.6 Å². The summed E-state index contributed by atoms with van der Waals surface area (Å²) >= 11 is 0. The molecular formula is C15H17NO4S. The van der Waals surface area contributed by atoms with E-state index in [0.29, 0.717) is 17.9 Å². The van der Waals surface area contributed by atoms with Crippen molar-refractivity contribution in [1.29, 1.82) is 0 Å². The van der Waals surface area contributed by atoms with Gasteiger partial charge >= 0.3 is 0 Å².